The normalized spacial score (nSPS) is 22.0. The van der Waals surface area contributed by atoms with Crippen LogP contribution >= 0.6 is 15.9 Å². The van der Waals surface area contributed by atoms with Gasteiger partial charge in [-0.3, -0.25) is 4.79 Å². The van der Waals surface area contributed by atoms with E-state index >= 15 is 0 Å². The highest BCUT2D eigenvalue weighted by atomic mass is 79.9. The lowest BCUT2D eigenvalue weighted by Gasteiger charge is -2.25. The summed E-state index contributed by atoms with van der Waals surface area (Å²) in [5.41, 5.74) is 1.44. The molecule has 1 saturated heterocycles. The van der Waals surface area contributed by atoms with Crippen LogP contribution in [0.15, 0.2) is 52.0 Å². The first-order chi connectivity index (χ1) is 21.5. The number of nitrogens with zero attached hydrogens (tertiary/aromatic N) is 3. The van der Waals surface area contributed by atoms with E-state index in [1.54, 1.807) is 12.1 Å². The van der Waals surface area contributed by atoms with E-state index in [-0.39, 0.29) is 41.5 Å². The molecule has 5 rings (SSSR count). The van der Waals surface area contributed by atoms with Gasteiger partial charge in [-0.15, -0.1) is 0 Å². The van der Waals surface area contributed by atoms with Crippen molar-refractivity contribution in [3.8, 4) is 17.0 Å². The Morgan fingerprint density at radius 2 is 2.07 bits per heavy atom. The first-order valence-corrected chi connectivity index (χ1v) is 15.2. The monoisotopic (exact) mass is 667 g/mol. The number of amides is 1. The first-order valence-electron chi connectivity index (χ1n) is 14.9. The number of methoxy groups -OCH3 is 1. The molecule has 2 atom stereocenters. The Balaban J connectivity index is 1.35. The number of halogens is 2. The quantitative estimate of drug-likeness (QED) is 0.313. The molecule has 14 heteroatoms. The third kappa shape index (κ3) is 6.27. The SMILES string of the molecule is [2H]C1([2H])CC(Nc2ncc(Br)c(-c3ccc4c(c3)S(=O)(=O)N([C@H](C)C(=O)N[C@H](CO)c3cc(F)cc(OC)c3)C4)n2)CC([2H])([2H])O1. The molecule has 3 aromatic rings. The second-order valence-electron chi connectivity index (χ2n) is 9.75. The van der Waals surface area contributed by atoms with Crippen molar-refractivity contribution >= 4 is 37.8 Å². The number of sulfonamides is 1. The molecular formula is C28H31BrFN5O6S. The number of fused-ring (bicyclic) bond motifs is 1. The smallest absolute Gasteiger partial charge is 0.244 e. The molecule has 3 N–H and O–H groups in total. The Bertz CT molecular complexity index is 1760. The molecule has 42 heavy (non-hydrogen) atoms. The second kappa shape index (κ2) is 12.6. The number of aliphatic hydroxyl groups is 1. The molecule has 1 aromatic heterocycles. The number of hydrogen-bond donors (Lipinski definition) is 3. The second-order valence-corrected chi connectivity index (χ2v) is 12.5. The average Bonchev–Trinajstić information content (AvgIpc) is 3.23. The highest BCUT2D eigenvalue weighted by Crippen LogP contribution is 2.37. The van der Waals surface area contributed by atoms with Crippen LogP contribution in [0.5, 0.6) is 5.75 Å². The third-order valence-corrected chi connectivity index (χ3v) is 9.56. The Labute approximate surface area is 257 Å². The molecule has 0 unspecified atom stereocenters. The summed E-state index contributed by atoms with van der Waals surface area (Å²) in [6, 6.07) is 5.60. The largest absolute Gasteiger partial charge is 0.497 e. The molecular weight excluding hydrogens is 633 g/mol. The van der Waals surface area contributed by atoms with Crippen LogP contribution in [0.3, 0.4) is 0 Å². The standard InChI is InChI=1S/C28H31BrFN5O6S/c1-16(27(37)33-24(15-36)19-9-20(30)12-22(10-19)40-2)35-14-18-4-3-17(11-25(18)42(35,38)39)26-23(29)13-31-28(34-26)32-21-5-7-41-8-6-21/h3-4,9-13,16,21,24,36H,5-8,14-15H2,1-2H3,(H,33,37)(H,31,32,34)/t16-,24-/m1/s1/i7D2,8D2. The number of ether oxygens (including phenoxy) is 2. The minimum absolute atomic E-state index is 0.0240. The molecule has 0 saturated carbocycles. The number of carbonyl (C=O) groups excluding carboxylic acids is 1. The Morgan fingerprint density at radius 1 is 1.31 bits per heavy atom. The summed E-state index contributed by atoms with van der Waals surface area (Å²) in [4.78, 5) is 21.9. The molecule has 11 nitrogen and oxygen atoms in total. The van der Waals surface area contributed by atoms with Gasteiger partial charge < -0.3 is 25.2 Å². The minimum atomic E-state index is -4.16. The van der Waals surface area contributed by atoms with Gasteiger partial charge in [0.1, 0.15) is 17.6 Å². The molecule has 0 spiro atoms. The zero-order chi connectivity index (χ0) is 33.6. The van der Waals surface area contributed by atoms with Crippen molar-refractivity contribution < 1.29 is 37.7 Å². The van der Waals surface area contributed by atoms with E-state index < -0.39 is 59.6 Å². The maximum absolute atomic E-state index is 14.1. The lowest BCUT2D eigenvalue weighted by atomic mass is 10.1. The summed E-state index contributed by atoms with van der Waals surface area (Å²) in [6.07, 6.45) is 1.16. The van der Waals surface area contributed by atoms with E-state index in [1.807, 2.05) is 0 Å². The van der Waals surface area contributed by atoms with Crippen LogP contribution in [0.4, 0.5) is 10.3 Å². The molecule has 3 heterocycles. The van der Waals surface area contributed by atoms with E-state index in [4.69, 9.17) is 15.0 Å². The predicted octanol–water partition coefficient (Wildman–Crippen LogP) is 3.39. The van der Waals surface area contributed by atoms with Gasteiger partial charge in [0, 0.05) is 43.5 Å². The summed E-state index contributed by atoms with van der Waals surface area (Å²) in [5, 5.41) is 15.5. The van der Waals surface area contributed by atoms with Crippen molar-refractivity contribution in [2.24, 2.45) is 0 Å². The number of nitrogens with one attached hydrogen (secondary N) is 2. The van der Waals surface area contributed by atoms with Crippen molar-refractivity contribution in [1.82, 2.24) is 19.6 Å². The van der Waals surface area contributed by atoms with Crippen molar-refractivity contribution in [2.75, 3.05) is 32.2 Å². The summed E-state index contributed by atoms with van der Waals surface area (Å²) in [7, 11) is -2.81. The van der Waals surface area contributed by atoms with Gasteiger partial charge in [0.2, 0.25) is 21.9 Å². The summed E-state index contributed by atoms with van der Waals surface area (Å²) in [6.45, 7) is -3.63. The fourth-order valence-corrected chi connectivity index (χ4v) is 6.92. The number of rotatable bonds is 9. The fourth-order valence-electron chi connectivity index (χ4n) is 4.69. The molecule has 1 fully saturated rings. The van der Waals surface area contributed by atoms with Gasteiger partial charge in [-0.05, 0) is 65.0 Å². The topological polar surface area (TPSA) is 143 Å². The van der Waals surface area contributed by atoms with Crippen LogP contribution < -0.4 is 15.4 Å². The molecule has 2 aliphatic rings. The van der Waals surface area contributed by atoms with Crippen molar-refractivity contribution in [3.63, 3.8) is 0 Å². The van der Waals surface area contributed by atoms with Crippen LogP contribution in [0.25, 0.3) is 11.3 Å². The molecule has 0 aliphatic carbocycles. The van der Waals surface area contributed by atoms with E-state index in [0.29, 0.717) is 21.3 Å². The van der Waals surface area contributed by atoms with Crippen molar-refractivity contribution in [3.05, 3.63) is 64.0 Å². The van der Waals surface area contributed by atoms with Crippen LogP contribution in [-0.4, -0.2) is 72.6 Å². The molecule has 2 aliphatic heterocycles. The minimum Gasteiger partial charge on any atom is -0.497 e. The molecule has 0 bridgehead atoms. The van der Waals surface area contributed by atoms with E-state index in [0.717, 1.165) is 16.4 Å². The Morgan fingerprint density at radius 3 is 2.79 bits per heavy atom. The Hall–Kier alpha value is -3.17. The highest BCUT2D eigenvalue weighted by molar-refractivity contribution is 9.10. The maximum Gasteiger partial charge on any atom is 0.244 e. The van der Waals surface area contributed by atoms with Crippen molar-refractivity contribution in [2.45, 2.75) is 49.3 Å². The van der Waals surface area contributed by atoms with Crippen LogP contribution in [0.2, 0.25) is 0 Å². The number of hydrogen-bond acceptors (Lipinski definition) is 9. The van der Waals surface area contributed by atoms with Gasteiger partial charge >= 0.3 is 0 Å². The van der Waals surface area contributed by atoms with Gasteiger partial charge in [0.15, 0.2) is 0 Å². The van der Waals surface area contributed by atoms with Crippen molar-refractivity contribution in [1.29, 1.82) is 0 Å². The lowest BCUT2D eigenvalue weighted by Crippen LogP contribution is -2.46. The fraction of sp³-hybridized carbons (Fsp3) is 0.393. The average molecular weight is 669 g/mol. The highest BCUT2D eigenvalue weighted by Gasteiger charge is 2.41. The Kier molecular flexibility index (Phi) is 7.60. The molecule has 0 radical (unpaired) electrons. The van der Waals surface area contributed by atoms with Gasteiger partial charge in [0.25, 0.3) is 0 Å². The summed E-state index contributed by atoms with van der Waals surface area (Å²) in [5.74, 6) is -1.05. The number of benzene rings is 2. The van der Waals surface area contributed by atoms with Crippen LogP contribution in [0.1, 0.15) is 42.4 Å². The number of aromatic nitrogens is 2. The van der Waals surface area contributed by atoms with Crippen LogP contribution in [-0.2, 0) is 26.1 Å². The third-order valence-electron chi connectivity index (χ3n) is 6.98. The molecule has 1 amide bonds. The van der Waals surface area contributed by atoms with Crippen LogP contribution in [0, 0.1) is 5.82 Å². The van der Waals surface area contributed by atoms with Gasteiger partial charge in [-0.2, -0.15) is 4.31 Å². The van der Waals surface area contributed by atoms with Gasteiger partial charge in [-0.25, -0.2) is 22.8 Å². The van der Waals surface area contributed by atoms with Gasteiger partial charge in [0.05, 0.1) is 40.3 Å². The maximum atomic E-state index is 14.1. The van der Waals surface area contributed by atoms with E-state index in [2.05, 4.69) is 36.5 Å². The number of anilines is 1. The summed E-state index contributed by atoms with van der Waals surface area (Å²) >= 11 is 3.40. The lowest BCUT2D eigenvalue weighted by molar-refractivity contribution is -0.125. The van der Waals surface area contributed by atoms with E-state index in [1.165, 1.54) is 32.4 Å². The predicted molar refractivity (Wildman–Crippen MR) is 156 cm³/mol. The zero-order valence-electron chi connectivity index (χ0n) is 26.6. The van der Waals surface area contributed by atoms with Gasteiger partial charge in [-0.1, -0.05) is 12.1 Å². The number of carbonyl (C=O) groups is 1. The zero-order valence-corrected chi connectivity index (χ0v) is 25.0. The first kappa shape index (κ1) is 25.3. The molecule has 224 valence electrons. The number of aliphatic hydroxyl groups excluding tert-OH is 1. The molecule has 2 aromatic carbocycles. The summed E-state index contributed by atoms with van der Waals surface area (Å²) < 4.78 is 84.4. The van der Waals surface area contributed by atoms with E-state index in [9.17, 15) is 22.7 Å².